The summed E-state index contributed by atoms with van der Waals surface area (Å²) in [6.07, 6.45) is 3.56. The summed E-state index contributed by atoms with van der Waals surface area (Å²) in [6.45, 7) is 2.35. The van der Waals surface area contributed by atoms with Gasteiger partial charge in [0.1, 0.15) is 11.3 Å². The molecule has 1 aliphatic heterocycles. The van der Waals surface area contributed by atoms with Gasteiger partial charge in [-0.2, -0.15) is 0 Å². The number of aryl methyl sites for hydroxylation is 1. The van der Waals surface area contributed by atoms with Gasteiger partial charge in [0.2, 0.25) is 6.79 Å². The smallest absolute Gasteiger partial charge is 0.268 e. The van der Waals surface area contributed by atoms with E-state index in [1.807, 2.05) is 24.3 Å². The molecule has 0 saturated heterocycles. The first-order valence-corrected chi connectivity index (χ1v) is 10.6. The molecule has 0 N–H and O–H groups in total. The molecule has 0 radical (unpaired) electrons. The summed E-state index contributed by atoms with van der Waals surface area (Å²) in [7, 11) is 1.62. The van der Waals surface area contributed by atoms with Gasteiger partial charge in [-0.05, 0) is 49.6 Å². The molecule has 2 aromatic carbocycles. The van der Waals surface area contributed by atoms with Crippen LogP contribution in [0.15, 0.2) is 59.5 Å². The number of para-hydroxylation sites is 1. The highest BCUT2D eigenvalue weighted by Crippen LogP contribution is 2.34. The fourth-order valence-corrected chi connectivity index (χ4v) is 4.04. The van der Waals surface area contributed by atoms with Crippen LogP contribution in [0.5, 0.6) is 17.2 Å². The Morgan fingerprint density at radius 2 is 1.91 bits per heavy atom. The number of fused-ring (bicyclic) bond motifs is 1. The predicted molar refractivity (Wildman–Crippen MR) is 119 cm³/mol. The largest absolute Gasteiger partial charge is 0.496 e. The Morgan fingerprint density at radius 1 is 1.12 bits per heavy atom. The van der Waals surface area contributed by atoms with Crippen molar-refractivity contribution < 1.29 is 19.0 Å². The topological polar surface area (TPSA) is 70.0 Å². The first kappa shape index (κ1) is 20.2. The van der Waals surface area contributed by atoms with Crippen molar-refractivity contribution in [3.63, 3.8) is 0 Å². The van der Waals surface area contributed by atoms with Gasteiger partial charge in [-0.25, -0.2) is 0 Å². The van der Waals surface area contributed by atoms with Crippen LogP contribution in [0.2, 0.25) is 0 Å². The molecule has 2 aliphatic rings. The number of rotatable bonds is 6. The molecule has 1 amide bonds. The lowest BCUT2D eigenvalue weighted by Crippen LogP contribution is -2.38. The van der Waals surface area contributed by atoms with Gasteiger partial charge < -0.3 is 19.1 Å². The standard InChI is InChI=1S/C25H24N2O5/c1-16-11-12-26(19-9-10-21-22(13-19)32-15-31-21)24(28)23(16)25(29)27(18-7-8-18)14-17-5-3-4-6-20(17)30-2/h3-6,9-13,18H,7-8,14-15H2,1-2H3. The van der Waals surface area contributed by atoms with E-state index in [0.717, 1.165) is 24.2 Å². The number of methoxy groups -OCH3 is 1. The van der Waals surface area contributed by atoms with Gasteiger partial charge in [0, 0.05) is 30.4 Å². The van der Waals surface area contributed by atoms with Gasteiger partial charge in [0.25, 0.3) is 11.5 Å². The molecular weight excluding hydrogens is 408 g/mol. The Balaban J connectivity index is 1.52. The fraction of sp³-hybridized carbons (Fsp3) is 0.280. The number of aromatic nitrogens is 1. The van der Waals surface area contributed by atoms with Crippen LogP contribution in [0.25, 0.3) is 5.69 Å². The summed E-state index contributed by atoms with van der Waals surface area (Å²) in [5, 5.41) is 0. The van der Waals surface area contributed by atoms with Gasteiger partial charge in [0.05, 0.1) is 12.8 Å². The lowest BCUT2D eigenvalue weighted by Gasteiger charge is -2.24. The zero-order valence-electron chi connectivity index (χ0n) is 18.0. The molecular formula is C25H24N2O5. The summed E-state index contributed by atoms with van der Waals surface area (Å²) in [5.74, 6) is 1.70. The summed E-state index contributed by atoms with van der Waals surface area (Å²) in [6, 6.07) is 14.9. The number of amides is 1. The van der Waals surface area contributed by atoms with Crippen LogP contribution in [-0.2, 0) is 6.54 Å². The maximum Gasteiger partial charge on any atom is 0.268 e. The van der Waals surface area contributed by atoms with E-state index in [4.69, 9.17) is 14.2 Å². The minimum atomic E-state index is -0.348. The second-order valence-corrected chi connectivity index (χ2v) is 8.06. The number of hydrogen-bond donors (Lipinski definition) is 0. The second kappa shape index (κ2) is 8.07. The molecule has 32 heavy (non-hydrogen) atoms. The van der Waals surface area contributed by atoms with Crippen LogP contribution < -0.4 is 19.8 Å². The highest BCUT2D eigenvalue weighted by molar-refractivity contribution is 5.95. The van der Waals surface area contributed by atoms with E-state index in [1.54, 1.807) is 49.4 Å². The third-order valence-corrected chi connectivity index (χ3v) is 5.93. The van der Waals surface area contributed by atoms with Crippen molar-refractivity contribution in [2.75, 3.05) is 13.9 Å². The van der Waals surface area contributed by atoms with Crippen molar-refractivity contribution in [3.8, 4) is 22.9 Å². The molecule has 0 atom stereocenters. The van der Waals surface area contributed by atoms with Gasteiger partial charge in [-0.3, -0.25) is 14.2 Å². The Bertz CT molecular complexity index is 1250. The Morgan fingerprint density at radius 3 is 2.69 bits per heavy atom. The van der Waals surface area contributed by atoms with Crippen molar-refractivity contribution in [3.05, 3.63) is 81.8 Å². The molecule has 7 nitrogen and oxygen atoms in total. The van der Waals surface area contributed by atoms with E-state index in [-0.39, 0.29) is 29.9 Å². The first-order chi connectivity index (χ1) is 15.6. The summed E-state index contributed by atoms with van der Waals surface area (Å²) < 4.78 is 17.8. The van der Waals surface area contributed by atoms with Gasteiger partial charge in [-0.1, -0.05) is 18.2 Å². The van der Waals surface area contributed by atoms with Crippen molar-refractivity contribution in [1.82, 2.24) is 9.47 Å². The van der Waals surface area contributed by atoms with Gasteiger partial charge in [-0.15, -0.1) is 0 Å². The van der Waals surface area contributed by atoms with Crippen LogP contribution in [-0.4, -0.2) is 35.3 Å². The number of carbonyl (C=O) groups is 1. The molecule has 1 aliphatic carbocycles. The minimum Gasteiger partial charge on any atom is -0.496 e. The normalized spacial score (nSPS) is 14.3. The zero-order valence-corrected chi connectivity index (χ0v) is 18.0. The highest BCUT2D eigenvalue weighted by atomic mass is 16.7. The Kier molecular flexibility index (Phi) is 5.09. The summed E-state index contributed by atoms with van der Waals surface area (Å²) >= 11 is 0. The average Bonchev–Trinajstić information content (AvgIpc) is 3.53. The van der Waals surface area contributed by atoms with Crippen LogP contribution >= 0.6 is 0 Å². The first-order valence-electron chi connectivity index (χ1n) is 10.6. The molecule has 1 aromatic heterocycles. The van der Waals surface area contributed by atoms with Crippen molar-refractivity contribution in [2.24, 2.45) is 0 Å². The van der Waals surface area contributed by atoms with E-state index in [1.165, 1.54) is 4.57 Å². The molecule has 0 spiro atoms. The van der Waals surface area contributed by atoms with Gasteiger partial charge >= 0.3 is 0 Å². The van der Waals surface area contributed by atoms with Crippen molar-refractivity contribution >= 4 is 5.91 Å². The number of pyridine rings is 1. The number of ether oxygens (including phenoxy) is 3. The summed E-state index contributed by atoms with van der Waals surface area (Å²) in [5.41, 5.74) is 2.03. The Labute approximate surface area is 185 Å². The molecule has 1 saturated carbocycles. The third kappa shape index (κ3) is 3.60. The molecule has 164 valence electrons. The molecule has 5 rings (SSSR count). The van der Waals surface area contributed by atoms with E-state index in [9.17, 15) is 9.59 Å². The molecule has 0 unspecified atom stereocenters. The molecule has 7 heteroatoms. The van der Waals surface area contributed by atoms with E-state index in [2.05, 4.69) is 0 Å². The van der Waals surface area contributed by atoms with E-state index >= 15 is 0 Å². The highest BCUT2D eigenvalue weighted by Gasteiger charge is 2.35. The maximum atomic E-state index is 13.7. The summed E-state index contributed by atoms with van der Waals surface area (Å²) in [4.78, 5) is 28.9. The average molecular weight is 432 g/mol. The quantitative estimate of drug-likeness (QED) is 0.594. The molecule has 2 heterocycles. The Hall–Kier alpha value is -3.74. The van der Waals surface area contributed by atoms with Crippen molar-refractivity contribution in [1.29, 1.82) is 0 Å². The lowest BCUT2D eigenvalue weighted by molar-refractivity contribution is 0.0726. The SMILES string of the molecule is COc1ccccc1CN(C(=O)c1c(C)ccn(-c2ccc3c(c2)OCO3)c1=O)C1CC1. The van der Waals surface area contributed by atoms with Crippen LogP contribution in [0.1, 0.15) is 34.3 Å². The minimum absolute atomic E-state index is 0.130. The zero-order chi connectivity index (χ0) is 22.2. The molecule has 0 bridgehead atoms. The number of benzene rings is 2. The monoisotopic (exact) mass is 432 g/mol. The number of hydrogen-bond acceptors (Lipinski definition) is 5. The number of nitrogens with zero attached hydrogens (tertiary/aromatic N) is 2. The van der Waals surface area contributed by atoms with Crippen LogP contribution in [0.3, 0.4) is 0 Å². The lowest BCUT2D eigenvalue weighted by atomic mass is 10.1. The van der Waals surface area contributed by atoms with Gasteiger partial charge in [0.15, 0.2) is 11.5 Å². The van der Waals surface area contributed by atoms with E-state index in [0.29, 0.717) is 29.3 Å². The maximum absolute atomic E-state index is 13.7. The van der Waals surface area contributed by atoms with Crippen LogP contribution in [0, 0.1) is 6.92 Å². The molecule has 1 fully saturated rings. The third-order valence-electron chi connectivity index (χ3n) is 5.93. The predicted octanol–water partition coefficient (Wildman–Crippen LogP) is 3.69. The number of carbonyl (C=O) groups excluding carboxylic acids is 1. The fourth-order valence-electron chi connectivity index (χ4n) is 4.04. The molecule has 3 aromatic rings. The van der Waals surface area contributed by atoms with E-state index < -0.39 is 0 Å². The second-order valence-electron chi connectivity index (χ2n) is 8.06. The van der Waals surface area contributed by atoms with Crippen molar-refractivity contribution in [2.45, 2.75) is 32.4 Å². The van der Waals surface area contributed by atoms with Crippen LogP contribution in [0.4, 0.5) is 0 Å².